The number of para-hydroxylation sites is 1. The van der Waals surface area contributed by atoms with E-state index in [1.165, 1.54) is 6.07 Å². The standard InChI is InChI=1S/C11H14O5S/c1-10(2)7-11(12,17(13,14)15)8-5-3-4-6-9(8)16-10/h3-6,12H,7H2,1-2H3,(H,13,14,15). The van der Waals surface area contributed by atoms with E-state index in [0.29, 0.717) is 0 Å². The molecule has 0 saturated carbocycles. The third kappa shape index (κ3) is 1.92. The van der Waals surface area contributed by atoms with Crippen molar-refractivity contribution in [1.82, 2.24) is 0 Å². The van der Waals surface area contributed by atoms with Crippen LogP contribution in [0.15, 0.2) is 24.3 Å². The molecule has 0 spiro atoms. The van der Waals surface area contributed by atoms with Crippen LogP contribution in [0, 0.1) is 0 Å². The van der Waals surface area contributed by atoms with E-state index in [4.69, 9.17) is 4.74 Å². The molecule has 0 fully saturated rings. The van der Waals surface area contributed by atoms with Crippen molar-refractivity contribution in [3.63, 3.8) is 0 Å². The fourth-order valence-corrected chi connectivity index (χ4v) is 3.09. The molecule has 5 nitrogen and oxygen atoms in total. The topological polar surface area (TPSA) is 83.8 Å². The first-order valence-electron chi connectivity index (χ1n) is 5.14. The smallest absolute Gasteiger partial charge is 0.299 e. The van der Waals surface area contributed by atoms with Gasteiger partial charge < -0.3 is 9.84 Å². The van der Waals surface area contributed by atoms with Crippen molar-refractivity contribution in [1.29, 1.82) is 0 Å². The Kier molecular flexibility index (Phi) is 2.50. The van der Waals surface area contributed by atoms with E-state index in [1.54, 1.807) is 32.0 Å². The summed E-state index contributed by atoms with van der Waals surface area (Å²) in [6.07, 6.45) is -0.226. The van der Waals surface area contributed by atoms with Gasteiger partial charge >= 0.3 is 0 Å². The van der Waals surface area contributed by atoms with Gasteiger partial charge in [0.1, 0.15) is 11.4 Å². The van der Waals surface area contributed by atoms with E-state index >= 15 is 0 Å². The van der Waals surface area contributed by atoms with Gasteiger partial charge in [0, 0.05) is 12.0 Å². The second kappa shape index (κ2) is 3.44. The summed E-state index contributed by atoms with van der Waals surface area (Å²) in [4.78, 5) is -2.31. The predicted octanol–water partition coefficient (Wildman–Crippen LogP) is 1.28. The van der Waals surface area contributed by atoms with Gasteiger partial charge in [0.25, 0.3) is 10.1 Å². The van der Waals surface area contributed by atoms with Crippen LogP contribution in [0.5, 0.6) is 5.75 Å². The monoisotopic (exact) mass is 258 g/mol. The fourth-order valence-electron chi connectivity index (χ4n) is 2.11. The third-order valence-electron chi connectivity index (χ3n) is 2.79. The molecule has 17 heavy (non-hydrogen) atoms. The number of ether oxygens (including phenoxy) is 1. The molecule has 1 aromatic carbocycles. The summed E-state index contributed by atoms with van der Waals surface area (Å²) >= 11 is 0. The summed E-state index contributed by atoms with van der Waals surface area (Å²) < 4.78 is 37.6. The summed E-state index contributed by atoms with van der Waals surface area (Å²) in [5.74, 6) is 0.267. The molecule has 1 aliphatic heterocycles. The zero-order valence-corrected chi connectivity index (χ0v) is 10.4. The van der Waals surface area contributed by atoms with E-state index < -0.39 is 20.7 Å². The Bertz CT molecular complexity index is 549. The van der Waals surface area contributed by atoms with Crippen molar-refractivity contribution in [2.24, 2.45) is 0 Å². The summed E-state index contributed by atoms with van der Waals surface area (Å²) in [7, 11) is -4.63. The van der Waals surface area contributed by atoms with Crippen LogP contribution in [-0.4, -0.2) is 23.7 Å². The van der Waals surface area contributed by atoms with Gasteiger partial charge in [-0.3, -0.25) is 4.55 Å². The minimum absolute atomic E-state index is 0.0711. The third-order valence-corrected chi connectivity index (χ3v) is 4.00. The highest BCUT2D eigenvalue weighted by Crippen LogP contribution is 2.45. The van der Waals surface area contributed by atoms with Crippen molar-refractivity contribution in [2.75, 3.05) is 0 Å². The second-order valence-electron chi connectivity index (χ2n) is 4.79. The molecule has 6 heteroatoms. The highest BCUT2D eigenvalue weighted by atomic mass is 32.2. The molecule has 94 valence electrons. The first-order valence-corrected chi connectivity index (χ1v) is 6.58. The van der Waals surface area contributed by atoms with Gasteiger partial charge in [-0.1, -0.05) is 18.2 Å². The molecule has 0 amide bonds. The van der Waals surface area contributed by atoms with Crippen LogP contribution in [0.3, 0.4) is 0 Å². The lowest BCUT2D eigenvalue weighted by atomic mass is 9.91. The molecule has 2 N–H and O–H groups in total. The maximum Gasteiger partial charge on any atom is 0.299 e. The van der Waals surface area contributed by atoms with Crippen LogP contribution in [0.4, 0.5) is 0 Å². The Balaban J connectivity index is 2.70. The quantitative estimate of drug-likeness (QED) is 0.741. The number of benzene rings is 1. The average molecular weight is 258 g/mol. The molecule has 2 rings (SSSR count). The molecule has 1 atom stereocenters. The van der Waals surface area contributed by atoms with Crippen LogP contribution in [-0.2, 0) is 15.1 Å². The fraction of sp³-hybridized carbons (Fsp3) is 0.455. The molecule has 1 unspecified atom stereocenters. The number of aliphatic hydroxyl groups is 1. The highest BCUT2D eigenvalue weighted by Gasteiger charge is 2.52. The molecule has 1 aliphatic rings. The minimum atomic E-state index is -4.63. The molecule has 1 heterocycles. The van der Waals surface area contributed by atoms with Crippen LogP contribution in [0.1, 0.15) is 25.8 Å². The van der Waals surface area contributed by atoms with Crippen LogP contribution < -0.4 is 4.74 Å². The first-order chi connectivity index (χ1) is 7.66. The van der Waals surface area contributed by atoms with Crippen molar-refractivity contribution in [3.05, 3.63) is 29.8 Å². The largest absolute Gasteiger partial charge is 0.487 e. The summed E-state index contributed by atoms with van der Waals surface area (Å²) in [5.41, 5.74) is -0.805. The van der Waals surface area contributed by atoms with E-state index in [2.05, 4.69) is 0 Å². The molecule has 0 aromatic heterocycles. The maximum absolute atomic E-state index is 11.4. The Hall–Kier alpha value is -1.11. The first kappa shape index (κ1) is 12.3. The lowest BCUT2D eigenvalue weighted by molar-refractivity contribution is -0.0179. The number of fused-ring (bicyclic) bond motifs is 1. The van der Waals surface area contributed by atoms with Gasteiger partial charge in [-0.2, -0.15) is 8.42 Å². The maximum atomic E-state index is 11.4. The molecule has 0 saturated heterocycles. The normalized spacial score (nSPS) is 27.1. The zero-order chi connectivity index (χ0) is 12.9. The molecular formula is C11H14O5S. The highest BCUT2D eigenvalue weighted by molar-refractivity contribution is 7.86. The van der Waals surface area contributed by atoms with Crippen molar-refractivity contribution in [3.8, 4) is 5.75 Å². The van der Waals surface area contributed by atoms with E-state index in [-0.39, 0.29) is 17.7 Å². The van der Waals surface area contributed by atoms with Crippen LogP contribution >= 0.6 is 0 Å². The Labute approximate surface area is 99.8 Å². The minimum Gasteiger partial charge on any atom is -0.487 e. The lowest BCUT2D eigenvalue weighted by Crippen LogP contribution is -2.48. The van der Waals surface area contributed by atoms with E-state index in [0.717, 1.165) is 0 Å². The van der Waals surface area contributed by atoms with Gasteiger partial charge in [-0.25, -0.2) is 0 Å². The molecule has 0 bridgehead atoms. The molecule has 1 aromatic rings. The molecule has 0 aliphatic carbocycles. The number of rotatable bonds is 1. The molecular weight excluding hydrogens is 244 g/mol. The van der Waals surface area contributed by atoms with Crippen LogP contribution in [0.2, 0.25) is 0 Å². The van der Waals surface area contributed by atoms with Crippen molar-refractivity contribution >= 4 is 10.1 Å². The van der Waals surface area contributed by atoms with Crippen LogP contribution in [0.25, 0.3) is 0 Å². The van der Waals surface area contributed by atoms with Gasteiger partial charge in [-0.15, -0.1) is 0 Å². The van der Waals surface area contributed by atoms with Gasteiger partial charge in [-0.05, 0) is 19.9 Å². The molecule has 0 radical (unpaired) electrons. The Morgan fingerprint density at radius 3 is 2.47 bits per heavy atom. The Morgan fingerprint density at radius 2 is 1.88 bits per heavy atom. The van der Waals surface area contributed by atoms with E-state index in [1.807, 2.05) is 0 Å². The number of hydrogen-bond donors (Lipinski definition) is 2. The predicted molar refractivity (Wildman–Crippen MR) is 61.2 cm³/mol. The SMILES string of the molecule is CC1(C)CC(O)(S(=O)(=O)O)c2ccccc2O1. The van der Waals surface area contributed by atoms with Crippen molar-refractivity contribution in [2.45, 2.75) is 30.8 Å². The van der Waals surface area contributed by atoms with Gasteiger partial charge in [0.2, 0.25) is 4.93 Å². The summed E-state index contributed by atoms with van der Waals surface area (Å²) in [5, 5.41) is 10.3. The second-order valence-corrected chi connectivity index (χ2v) is 6.42. The lowest BCUT2D eigenvalue weighted by Gasteiger charge is -2.40. The summed E-state index contributed by atoms with van der Waals surface area (Å²) in [6, 6.07) is 6.24. The summed E-state index contributed by atoms with van der Waals surface area (Å²) in [6.45, 7) is 3.30. The Morgan fingerprint density at radius 1 is 1.29 bits per heavy atom. The van der Waals surface area contributed by atoms with Gasteiger partial charge in [0.15, 0.2) is 0 Å². The number of hydrogen-bond acceptors (Lipinski definition) is 4. The van der Waals surface area contributed by atoms with Crippen molar-refractivity contribution < 1.29 is 22.8 Å². The zero-order valence-electron chi connectivity index (χ0n) is 9.54. The average Bonchev–Trinajstić information content (AvgIpc) is 2.14. The van der Waals surface area contributed by atoms with E-state index in [9.17, 15) is 18.1 Å². The van der Waals surface area contributed by atoms with Gasteiger partial charge in [0.05, 0.1) is 0 Å².